The van der Waals surface area contributed by atoms with Crippen molar-refractivity contribution in [2.75, 3.05) is 20.6 Å². The second-order valence-electron chi connectivity index (χ2n) is 6.41. The summed E-state index contributed by atoms with van der Waals surface area (Å²) in [6, 6.07) is 9.34. The van der Waals surface area contributed by atoms with Crippen LogP contribution in [0.3, 0.4) is 0 Å². The first kappa shape index (κ1) is 24.0. The predicted octanol–water partition coefficient (Wildman–Crippen LogP) is 1.84. The van der Waals surface area contributed by atoms with Crippen LogP contribution in [0.1, 0.15) is 21.5 Å². The summed E-state index contributed by atoms with van der Waals surface area (Å²) in [7, 11) is -0.855. The molecule has 0 saturated heterocycles. The van der Waals surface area contributed by atoms with Gasteiger partial charge >= 0.3 is 6.18 Å². The highest BCUT2D eigenvalue weighted by Gasteiger charge is 2.29. The highest BCUT2D eigenvalue weighted by Crippen LogP contribution is 2.28. The van der Waals surface area contributed by atoms with E-state index in [2.05, 4.69) is 15.8 Å². The molecule has 2 aromatic carbocycles. The van der Waals surface area contributed by atoms with Crippen molar-refractivity contribution >= 4 is 28.1 Å². The SMILES string of the molecule is CN(C)S(=O)(=O)c1ccc(C(=O)NCC(=O)NN=Cc2ccc(C(F)(F)F)cc2)cc1. The second-order valence-corrected chi connectivity index (χ2v) is 8.56. The Kier molecular flexibility index (Phi) is 7.52. The number of nitrogens with zero attached hydrogens (tertiary/aromatic N) is 2. The maximum Gasteiger partial charge on any atom is 0.416 e. The third kappa shape index (κ3) is 6.62. The van der Waals surface area contributed by atoms with Gasteiger partial charge in [0.25, 0.3) is 11.8 Å². The van der Waals surface area contributed by atoms with Crippen LogP contribution in [-0.2, 0) is 21.0 Å². The van der Waals surface area contributed by atoms with Crippen LogP contribution in [0, 0.1) is 0 Å². The molecule has 12 heteroatoms. The Bertz CT molecular complexity index is 1060. The Hall–Kier alpha value is -3.25. The lowest BCUT2D eigenvalue weighted by molar-refractivity contribution is -0.137. The molecule has 0 aromatic heterocycles. The summed E-state index contributed by atoms with van der Waals surface area (Å²) in [5.74, 6) is -1.26. The summed E-state index contributed by atoms with van der Waals surface area (Å²) in [6.07, 6.45) is -3.28. The third-order valence-corrected chi connectivity index (χ3v) is 5.77. The molecule has 2 N–H and O–H groups in total. The molecule has 0 fully saturated rings. The van der Waals surface area contributed by atoms with Gasteiger partial charge in [-0.3, -0.25) is 9.59 Å². The van der Waals surface area contributed by atoms with Gasteiger partial charge in [-0.05, 0) is 42.0 Å². The standard InChI is InChI=1S/C19H19F3N4O4S/c1-26(2)31(29,30)16-9-5-14(6-10-16)18(28)23-12-17(27)25-24-11-13-3-7-15(8-4-13)19(20,21)22/h3-11H,12H2,1-2H3,(H,23,28)(H,25,27). The van der Waals surface area contributed by atoms with Gasteiger partial charge < -0.3 is 5.32 Å². The van der Waals surface area contributed by atoms with Crippen LogP contribution in [0.25, 0.3) is 0 Å². The Morgan fingerprint density at radius 1 is 1.03 bits per heavy atom. The van der Waals surface area contributed by atoms with Crippen LogP contribution < -0.4 is 10.7 Å². The van der Waals surface area contributed by atoms with Gasteiger partial charge in [0, 0.05) is 19.7 Å². The zero-order valence-electron chi connectivity index (χ0n) is 16.5. The highest BCUT2D eigenvalue weighted by molar-refractivity contribution is 7.89. The number of alkyl halides is 3. The van der Waals surface area contributed by atoms with Crippen LogP contribution in [0.2, 0.25) is 0 Å². The van der Waals surface area contributed by atoms with Crippen molar-refractivity contribution in [1.29, 1.82) is 0 Å². The molecule has 8 nitrogen and oxygen atoms in total. The maximum absolute atomic E-state index is 12.5. The number of carbonyl (C=O) groups is 2. The van der Waals surface area contributed by atoms with Crippen LogP contribution in [0.15, 0.2) is 58.5 Å². The molecule has 0 bridgehead atoms. The smallest absolute Gasteiger partial charge is 0.343 e. The fourth-order valence-electron chi connectivity index (χ4n) is 2.23. The van der Waals surface area contributed by atoms with Crippen LogP contribution in [0.5, 0.6) is 0 Å². The number of rotatable bonds is 7. The molecule has 0 heterocycles. The zero-order valence-corrected chi connectivity index (χ0v) is 17.3. The fraction of sp³-hybridized carbons (Fsp3) is 0.211. The second kappa shape index (κ2) is 9.71. The molecular formula is C19H19F3N4O4S. The maximum atomic E-state index is 12.5. The van der Waals surface area contributed by atoms with Crippen molar-refractivity contribution in [1.82, 2.24) is 15.0 Å². The van der Waals surface area contributed by atoms with Crippen molar-refractivity contribution in [3.63, 3.8) is 0 Å². The third-order valence-electron chi connectivity index (χ3n) is 3.95. The summed E-state index contributed by atoms with van der Waals surface area (Å²) in [5.41, 5.74) is 1.82. The zero-order chi connectivity index (χ0) is 23.2. The number of hydrogen-bond acceptors (Lipinski definition) is 5. The molecule has 0 aliphatic heterocycles. The summed E-state index contributed by atoms with van der Waals surface area (Å²) in [5, 5.41) is 5.95. The van der Waals surface area contributed by atoms with Gasteiger partial charge in [0.15, 0.2) is 0 Å². The van der Waals surface area contributed by atoms with E-state index in [4.69, 9.17) is 0 Å². The number of halogens is 3. The van der Waals surface area contributed by atoms with E-state index in [-0.39, 0.29) is 10.5 Å². The van der Waals surface area contributed by atoms with Crippen molar-refractivity contribution in [2.45, 2.75) is 11.1 Å². The lowest BCUT2D eigenvalue weighted by Gasteiger charge is -2.11. The lowest BCUT2D eigenvalue weighted by atomic mass is 10.1. The molecule has 166 valence electrons. The van der Waals surface area contributed by atoms with Gasteiger partial charge in [0.1, 0.15) is 0 Å². The number of nitrogens with one attached hydrogen (secondary N) is 2. The van der Waals surface area contributed by atoms with Gasteiger partial charge in [-0.15, -0.1) is 0 Å². The van der Waals surface area contributed by atoms with Gasteiger partial charge in [-0.25, -0.2) is 18.1 Å². The van der Waals surface area contributed by atoms with Gasteiger partial charge in [-0.2, -0.15) is 18.3 Å². The Balaban J connectivity index is 1.85. The summed E-state index contributed by atoms with van der Waals surface area (Å²) < 4.78 is 62.5. The largest absolute Gasteiger partial charge is 0.416 e. The minimum absolute atomic E-state index is 0.0180. The van der Waals surface area contributed by atoms with Crippen molar-refractivity contribution in [3.05, 3.63) is 65.2 Å². The number of hydrogen-bond donors (Lipinski definition) is 2. The first-order valence-electron chi connectivity index (χ1n) is 8.71. The van der Waals surface area contributed by atoms with Crippen molar-refractivity contribution < 1.29 is 31.2 Å². The van der Waals surface area contributed by atoms with Crippen molar-refractivity contribution in [3.8, 4) is 0 Å². The Morgan fingerprint density at radius 2 is 1.61 bits per heavy atom. The molecule has 31 heavy (non-hydrogen) atoms. The average Bonchev–Trinajstić information content (AvgIpc) is 2.71. The molecule has 0 atom stereocenters. The number of sulfonamides is 1. The van der Waals surface area contributed by atoms with E-state index in [9.17, 15) is 31.2 Å². The normalized spacial score (nSPS) is 12.2. The van der Waals surface area contributed by atoms with Crippen LogP contribution in [-0.4, -0.2) is 51.4 Å². The molecular weight excluding hydrogens is 437 g/mol. The van der Waals surface area contributed by atoms with E-state index in [0.717, 1.165) is 22.7 Å². The first-order valence-corrected chi connectivity index (χ1v) is 10.2. The van der Waals surface area contributed by atoms with E-state index in [1.54, 1.807) is 0 Å². The predicted molar refractivity (Wildman–Crippen MR) is 107 cm³/mol. The van der Waals surface area contributed by atoms with E-state index in [0.29, 0.717) is 5.56 Å². The minimum Gasteiger partial charge on any atom is -0.343 e. The molecule has 0 unspecified atom stereocenters. The van der Waals surface area contributed by atoms with Gasteiger partial charge in [0.05, 0.1) is 23.2 Å². The first-order chi connectivity index (χ1) is 14.4. The summed E-state index contributed by atoms with van der Waals surface area (Å²) in [6.45, 7) is -0.416. The molecule has 2 amide bonds. The fourth-order valence-corrected chi connectivity index (χ4v) is 3.13. The van der Waals surface area contributed by atoms with E-state index in [1.807, 2.05) is 0 Å². The van der Waals surface area contributed by atoms with Crippen LogP contribution in [0.4, 0.5) is 13.2 Å². The number of hydrazone groups is 1. The molecule has 0 radical (unpaired) electrons. The Labute approximate surface area is 176 Å². The summed E-state index contributed by atoms with van der Waals surface area (Å²) >= 11 is 0. The molecule has 0 spiro atoms. The molecule has 0 aliphatic rings. The van der Waals surface area contributed by atoms with E-state index in [1.165, 1.54) is 50.5 Å². The number of benzene rings is 2. The molecule has 2 rings (SSSR count). The van der Waals surface area contributed by atoms with E-state index >= 15 is 0 Å². The average molecular weight is 456 g/mol. The topological polar surface area (TPSA) is 108 Å². The lowest BCUT2D eigenvalue weighted by Crippen LogP contribution is -2.34. The van der Waals surface area contributed by atoms with E-state index < -0.39 is 40.1 Å². The Morgan fingerprint density at radius 3 is 2.13 bits per heavy atom. The molecule has 0 saturated carbocycles. The quantitative estimate of drug-likeness (QED) is 0.490. The van der Waals surface area contributed by atoms with Gasteiger partial charge in [-0.1, -0.05) is 12.1 Å². The van der Waals surface area contributed by atoms with Crippen molar-refractivity contribution in [2.24, 2.45) is 5.10 Å². The number of amides is 2. The molecule has 2 aromatic rings. The minimum atomic E-state index is -4.44. The van der Waals surface area contributed by atoms with Crippen LogP contribution >= 0.6 is 0 Å². The number of carbonyl (C=O) groups excluding carboxylic acids is 2. The van der Waals surface area contributed by atoms with Gasteiger partial charge in [0.2, 0.25) is 10.0 Å². The monoisotopic (exact) mass is 456 g/mol. The highest BCUT2D eigenvalue weighted by atomic mass is 32.2. The summed E-state index contributed by atoms with van der Waals surface area (Å²) in [4.78, 5) is 23.8. The molecule has 0 aliphatic carbocycles.